The summed E-state index contributed by atoms with van der Waals surface area (Å²) >= 11 is 5.74. The maximum absolute atomic E-state index is 13.7. The highest BCUT2D eigenvalue weighted by molar-refractivity contribution is 6.30. The maximum atomic E-state index is 13.7. The fraction of sp³-hybridized carbons (Fsp3) is 0.312. The molecular weight excluding hydrogens is 291 g/mol. The third-order valence-electron chi connectivity index (χ3n) is 3.58. The van der Waals surface area contributed by atoms with Crippen LogP contribution in [0.5, 0.6) is 5.88 Å². The number of aromatic nitrogens is 1. The highest BCUT2D eigenvalue weighted by Gasteiger charge is 2.14. The first kappa shape index (κ1) is 14.3. The van der Waals surface area contributed by atoms with Gasteiger partial charge in [-0.25, -0.2) is 9.37 Å². The van der Waals surface area contributed by atoms with E-state index in [2.05, 4.69) is 16.4 Å². The topological polar surface area (TPSA) is 34.1 Å². The van der Waals surface area contributed by atoms with Crippen LogP contribution in [0, 0.1) is 12.7 Å². The number of nitrogens with zero attached hydrogens (tertiary/aromatic N) is 1. The molecule has 0 saturated heterocycles. The van der Waals surface area contributed by atoms with Crippen molar-refractivity contribution in [1.29, 1.82) is 0 Å². The summed E-state index contributed by atoms with van der Waals surface area (Å²) in [7, 11) is 0. The Morgan fingerprint density at radius 3 is 3.05 bits per heavy atom. The van der Waals surface area contributed by atoms with Gasteiger partial charge in [-0.2, -0.15) is 0 Å². The quantitative estimate of drug-likeness (QED) is 0.943. The molecular formula is C16H16ClFN2O. The second kappa shape index (κ2) is 6.00. The van der Waals surface area contributed by atoms with Crippen molar-refractivity contribution in [1.82, 2.24) is 10.3 Å². The highest BCUT2D eigenvalue weighted by Crippen LogP contribution is 2.23. The molecule has 1 aromatic carbocycles. The van der Waals surface area contributed by atoms with E-state index in [9.17, 15) is 4.39 Å². The van der Waals surface area contributed by atoms with Gasteiger partial charge in [0.15, 0.2) is 0 Å². The van der Waals surface area contributed by atoms with Crippen LogP contribution in [-0.2, 0) is 19.6 Å². The van der Waals surface area contributed by atoms with Gasteiger partial charge in [-0.05, 0) is 43.7 Å². The first-order valence-corrected chi connectivity index (χ1v) is 7.28. The van der Waals surface area contributed by atoms with Crippen molar-refractivity contribution in [3.05, 3.63) is 57.5 Å². The zero-order valence-electron chi connectivity index (χ0n) is 11.7. The van der Waals surface area contributed by atoms with E-state index in [1.54, 1.807) is 12.1 Å². The second-order valence-electron chi connectivity index (χ2n) is 5.17. The van der Waals surface area contributed by atoms with Gasteiger partial charge in [0.05, 0.1) is 5.69 Å². The predicted octanol–water partition coefficient (Wildman–Crippen LogP) is 3.41. The van der Waals surface area contributed by atoms with E-state index in [1.807, 2.05) is 6.92 Å². The predicted molar refractivity (Wildman–Crippen MR) is 80.1 cm³/mol. The largest absolute Gasteiger partial charge is 0.472 e. The Kier molecular flexibility index (Phi) is 4.08. The number of pyridine rings is 1. The number of ether oxygens (including phenoxy) is 1. The van der Waals surface area contributed by atoms with Crippen molar-refractivity contribution < 1.29 is 9.13 Å². The zero-order valence-corrected chi connectivity index (χ0v) is 12.5. The normalized spacial score (nSPS) is 13.9. The first-order valence-electron chi connectivity index (χ1n) is 6.90. The van der Waals surface area contributed by atoms with E-state index in [0.717, 1.165) is 30.8 Å². The number of nitrogens with one attached hydrogen (secondary N) is 1. The Labute approximate surface area is 128 Å². The van der Waals surface area contributed by atoms with E-state index in [-0.39, 0.29) is 12.4 Å². The molecule has 0 spiro atoms. The van der Waals surface area contributed by atoms with Crippen molar-refractivity contribution in [2.75, 3.05) is 6.54 Å². The number of rotatable bonds is 3. The van der Waals surface area contributed by atoms with Crippen molar-refractivity contribution in [2.45, 2.75) is 26.5 Å². The first-order chi connectivity index (χ1) is 10.1. The molecule has 1 aliphatic heterocycles. The fourth-order valence-electron chi connectivity index (χ4n) is 2.42. The van der Waals surface area contributed by atoms with Crippen LogP contribution in [0.25, 0.3) is 0 Å². The molecule has 3 nitrogen and oxygen atoms in total. The number of halogens is 2. The van der Waals surface area contributed by atoms with Crippen LogP contribution >= 0.6 is 11.6 Å². The second-order valence-corrected chi connectivity index (χ2v) is 5.60. The van der Waals surface area contributed by atoms with E-state index >= 15 is 0 Å². The number of hydrogen-bond donors (Lipinski definition) is 1. The molecule has 0 aliphatic carbocycles. The lowest BCUT2D eigenvalue weighted by atomic mass is 10.0. The summed E-state index contributed by atoms with van der Waals surface area (Å²) in [5, 5.41) is 3.66. The van der Waals surface area contributed by atoms with Crippen LogP contribution < -0.4 is 10.1 Å². The Balaban J connectivity index is 1.78. The smallest absolute Gasteiger partial charge is 0.216 e. The maximum Gasteiger partial charge on any atom is 0.216 e. The molecule has 0 fully saturated rings. The lowest BCUT2D eigenvalue weighted by Gasteiger charge is -2.18. The number of hydrogen-bond acceptors (Lipinski definition) is 3. The van der Waals surface area contributed by atoms with Gasteiger partial charge in [0.2, 0.25) is 5.88 Å². The van der Waals surface area contributed by atoms with Crippen molar-refractivity contribution in [2.24, 2.45) is 0 Å². The molecule has 0 saturated carbocycles. The molecule has 0 bridgehead atoms. The Hall–Kier alpha value is -1.65. The molecule has 0 atom stereocenters. The Morgan fingerprint density at radius 1 is 1.38 bits per heavy atom. The Bertz CT molecular complexity index is 676. The number of aryl methyl sites for hydroxylation is 1. The van der Waals surface area contributed by atoms with Crippen LogP contribution in [0.2, 0.25) is 5.02 Å². The summed E-state index contributed by atoms with van der Waals surface area (Å²) in [6, 6.07) is 6.68. The molecule has 0 unspecified atom stereocenters. The minimum atomic E-state index is -0.361. The van der Waals surface area contributed by atoms with Crippen LogP contribution in [-0.4, -0.2) is 11.5 Å². The van der Waals surface area contributed by atoms with Gasteiger partial charge in [-0.3, -0.25) is 0 Å². The van der Waals surface area contributed by atoms with Gasteiger partial charge in [0.1, 0.15) is 12.4 Å². The molecule has 5 heteroatoms. The summed E-state index contributed by atoms with van der Waals surface area (Å²) in [6.45, 7) is 3.83. The van der Waals surface area contributed by atoms with Crippen molar-refractivity contribution >= 4 is 11.6 Å². The van der Waals surface area contributed by atoms with E-state index in [1.165, 1.54) is 11.6 Å². The van der Waals surface area contributed by atoms with Crippen LogP contribution in [0.1, 0.15) is 22.4 Å². The molecule has 1 N–H and O–H groups in total. The molecule has 2 aromatic rings. The molecule has 2 heterocycles. The third kappa shape index (κ3) is 3.17. The fourth-order valence-corrected chi connectivity index (χ4v) is 2.58. The van der Waals surface area contributed by atoms with Gasteiger partial charge in [0.25, 0.3) is 0 Å². The average molecular weight is 307 g/mol. The molecule has 110 valence electrons. The van der Waals surface area contributed by atoms with Crippen LogP contribution in [0.3, 0.4) is 0 Å². The summed E-state index contributed by atoms with van der Waals surface area (Å²) in [5.74, 6) is 0.201. The monoisotopic (exact) mass is 306 g/mol. The SMILES string of the molecule is Cc1cc2c(nc1OCc1ccc(Cl)cc1F)CNCC2. The number of benzene rings is 1. The van der Waals surface area contributed by atoms with E-state index in [0.29, 0.717) is 16.5 Å². The summed E-state index contributed by atoms with van der Waals surface area (Å²) in [6.07, 6.45) is 0.981. The van der Waals surface area contributed by atoms with Gasteiger partial charge in [-0.1, -0.05) is 17.7 Å². The highest BCUT2D eigenvalue weighted by atomic mass is 35.5. The Morgan fingerprint density at radius 2 is 2.24 bits per heavy atom. The lowest BCUT2D eigenvalue weighted by Crippen LogP contribution is -2.25. The molecule has 0 amide bonds. The molecule has 0 radical (unpaired) electrons. The average Bonchev–Trinajstić information content (AvgIpc) is 2.46. The van der Waals surface area contributed by atoms with Crippen molar-refractivity contribution in [3.8, 4) is 5.88 Å². The zero-order chi connectivity index (χ0) is 14.8. The van der Waals surface area contributed by atoms with Gasteiger partial charge < -0.3 is 10.1 Å². The summed E-state index contributed by atoms with van der Waals surface area (Å²) in [4.78, 5) is 4.54. The summed E-state index contributed by atoms with van der Waals surface area (Å²) < 4.78 is 19.4. The van der Waals surface area contributed by atoms with Gasteiger partial charge >= 0.3 is 0 Å². The molecule has 1 aliphatic rings. The standard InChI is InChI=1S/C16H16ClFN2O/c1-10-6-11-4-5-19-8-15(11)20-16(10)21-9-12-2-3-13(17)7-14(12)18/h2-3,6-7,19H,4-5,8-9H2,1H3. The minimum absolute atomic E-state index is 0.142. The van der Waals surface area contributed by atoms with E-state index < -0.39 is 0 Å². The van der Waals surface area contributed by atoms with E-state index in [4.69, 9.17) is 16.3 Å². The third-order valence-corrected chi connectivity index (χ3v) is 3.81. The van der Waals surface area contributed by atoms with Crippen LogP contribution in [0.15, 0.2) is 24.3 Å². The number of fused-ring (bicyclic) bond motifs is 1. The minimum Gasteiger partial charge on any atom is -0.472 e. The van der Waals surface area contributed by atoms with Crippen LogP contribution in [0.4, 0.5) is 4.39 Å². The van der Waals surface area contributed by atoms with Crippen molar-refractivity contribution in [3.63, 3.8) is 0 Å². The molecule has 1 aromatic heterocycles. The van der Waals surface area contributed by atoms with Gasteiger partial charge in [-0.15, -0.1) is 0 Å². The summed E-state index contributed by atoms with van der Waals surface area (Å²) in [5.41, 5.74) is 3.72. The lowest BCUT2D eigenvalue weighted by molar-refractivity contribution is 0.284. The molecule has 21 heavy (non-hydrogen) atoms. The van der Waals surface area contributed by atoms with Gasteiger partial charge in [0, 0.05) is 22.7 Å². The molecule has 3 rings (SSSR count).